The van der Waals surface area contributed by atoms with Crippen molar-refractivity contribution in [2.75, 3.05) is 26.2 Å². The number of aromatic nitrogens is 4. The Labute approximate surface area is 176 Å². The number of benzene rings is 1. The summed E-state index contributed by atoms with van der Waals surface area (Å²) in [5.41, 5.74) is 3.03. The largest absolute Gasteiger partial charge is 0.365 e. The molecule has 2 fully saturated rings. The molecule has 0 amide bonds. The first-order chi connectivity index (χ1) is 14.6. The van der Waals surface area contributed by atoms with Gasteiger partial charge in [-0.05, 0) is 38.7 Å². The van der Waals surface area contributed by atoms with Gasteiger partial charge in [-0.2, -0.15) is 10.1 Å². The number of aryl methyl sites for hydroxylation is 2. The number of hydrogen-bond donors (Lipinski definition) is 1. The third-order valence-corrected chi connectivity index (χ3v) is 6.66. The molecule has 1 N–H and O–H groups in total. The van der Waals surface area contributed by atoms with Crippen molar-refractivity contribution < 1.29 is 9.63 Å². The van der Waals surface area contributed by atoms with E-state index >= 15 is 0 Å². The van der Waals surface area contributed by atoms with Crippen molar-refractivity contribution >= 4 is 10.9 Å². The summed E-state index contributed by atoms with van der Waals surface area (Å²) in [4.78, 5) is 9.09. The molecule has 0 aliphatic carbocycles. The highest BCUT2D eigenvalue weighted by atomic mass is 16.5. The lowest BCUT2D eigenvalue weighted by Gasteiger charge is -2.40. The highest BCUT2D eigenvalue weighted by molar-refractivity contribution is 5.85. The Morgan fingerprint density at radius 2 is 1.80 bits per heavy atom. The van der Waals surface area contributed by atoms with Crippen molar-refractivity contribution in [3.05, 3.63) is 29.8 Å². The molecule has 0 bridgehead atoms. The van der Waals surface area contributed by atoms with Crippen molar-refractivity contribution in [2.24, 2.45) is 7.05 Å². The molecule has 0 saturated carbocycles. The topological polar surface area (TPSA) is 83.5 Å². The quantitative estimate of drug-likeness (QED) is 0.708. The molecule has 0 spiro atoms. The highest BCUT2D eigenvalue weighted by Crippen LogP contribution is 2.31. The first-order valence-electron chi connectivity index (χ1n) is 11.0. The maximum atomic E-state index is 10.7. The predicted molar refractivity (Wildman–Crippen MR) is 114 cm³/mol. The van der Waals surface area contributed by atoms with E-state index in [1.54, 1.807) is 0 Å². The Bertz CT molecular complexity index is 1010. The number of aliphatic hydroxyl groups is 1. The summed E-state index contributed by atoms with van der Waals surface area (Å²) < 4.78 is 7.53. The lowest BCUT2D eigenvalue weighted by Crippen LogP contribution is -2.52. The average Bonchev–Trinajstić information content (AvgIpc) is 3.39. The molecule has 4 heterocycles. The summed E-state index contributed by atoms with van der Waals surface area (Å²) in [5, 5.41) is 20.6. The van der Waals surface area contributed by atoms with Gasteiger partial charge in [-0.15, -0.1) is 0 Å². The molecule has 1 atom stereocenters. The number of fused-ring (bicyclic) bond motifs is 1. The van der Waals surface area contributed by atoms with E-state index in [0.717, 1.165) is 61.2 Å². The van der Waals surface area contributed by atoms with Crippen LogP contribution in [-0.2, 0) is 7.05 Å². The van der Waals surface area contributed by atoms with Gasteiger partial charge in [0.25, 0.3) is 0 Å². The Morgan fingerprint density at radius 3 is 2.57 bits per heavy atom. The third kappa shape index (κ3) is 3.64. The van der Waals surface area contributed by atoms with Crippen LogP contribution in [0.25, 0.3) is 22.3 Å². The predicted octanol–water partition coefficient (Wildman–Crippen LogP) is 2.87. The van der Waals surface area contributed by atoms with Gasteiger partial charge in [-0.1, -0.05) is 23.7 Å². The summed E-state index contributed by atoms with van der Waals surface area (Å²) in [6.07, 6.45) is 5.03. The summed E-state index contributed by atoms with van der Waals surface area (Å²) >= 11 is 0. The second-order valence-corrected chi connectivity index (χ2v) is 8.65. The van der Waals surface area contributed by atoms with E-state index in [1.807, 2.05) is 24.7 Å². The van der Waals surface area contributed by atoms with Crippen LogP contribution < -0.4 is 0 Å². The van der Waals surface area contributed by atoms with Crippen LogP contribution in [0.15, 0.2) is 22.7 Å². The number of nitrogens with zero attached hydrogens (tertiary/aromatic N) is 6. The Kier molecular flexibility index (Phi) is 5.30. The molecule has 2 aliphatic rings. The van der Waals surface area contributed by atoms with Gasteiger partial charge < -0.3 is 9.63 Å². The standard InChI is InChI=1S/C22H30N6O2/c1-15-18-7-6-17(14-19(18)26(2)24-15)20-23-21(30-25-20)16-8-12-28(13-9-16)22(29)27-10-4-3-5-11-27/h6-7,14,16,22,29H,3-5,8-13H2,1-2H3. The second-order valence-electron chi connectivity index (χ2n) is 8.65. The molecule has 2 aromatic heterocycles. The molecule has 2 aliphatic heterocycles. The van der Waals surface area contributed by atoms with Crippen molar-refractivity contribution in [1.29, 1.82) is 0 Å². The Balaban J connectivity index is 1.26. The molecule has 1 aromatic carbocycles. The number of hydrogen-bond acceptors (Lipinski definition) is 7. The van der Waals surface area contributed by atoms with Crippen molar-refractivity contribution in [2.45, 2.75) is 51.3 Å². The van der Waals surface area contributed by atoms with Gasteiger partial charge in [-0.3, -0.25) is 14.5 Å². The van der Waals surface area contributed by atoms with Crippen LogP contribution >= 0.6 is 0 Å². The molecule has 5 rings (SSSR count). The van der Waals surface area contributed by atoms with Crippen molar-refractivity contribution in [3.8, 4) is 11.4 Å². The average molecular weight is 411 g/mol. The highest BCUT2D eigenvalue weighted by Gasteiger charge is 2.31. The smallest absolute Gasteiger partial charge is 0.230 e. The molecule has 0 radical (unpaired) electrons. The molecule has 2 saturated heterocycles. The zero-order valence-electron chi connectivity index (χ0n) is 17.8. The molecule has 8 heteroatoms. The van der Waals surface area contributed by atoms with Crippen LogP contribution in [0.3, 0.4) is 0 Å². The fraction of sp³-hybridized carbons (Fsp3) is 0.591. The van der Waals surface area contributed by atoms with E-state index in [4.69, 9.17) is 9.51 Å². The maximum absolute atomic E-state index is 10.7. The van der Waals surface area contributed by atoms with Crippen LogP contribution in [0.5, 0.6) is 0 Å². The van der Waals surface area contributed by atoms with Gasteiger partial charge in [0.2, 0.25) is 11.7 Å². The molecular formula is C22H30N6O2. The Hall–Kier alpha value is -2.29. The summed E-state index contributed by atoms with van der Waals surface area (Å²) in [7, 11) is 1.95. The first-order valence-corrected chi connectivity index (χ1v) is 11.0. The van der Waals surface area contributed by atoms with Crippen LogP contribution in [-0.4, -0.2) is 67.4 Å². The second kappa shape index (κ2) is 8.09. The van der Waals surface area contributed by atoms with E-state index in [0.29, 0.717) is 11.7 Å². The minimum absolute atomic E-state index is 0.249. The van der Waals surface area contributed by atoms with E-state index < -0.39 is 6.35 Å². The number of aliphatic hydroxyl groups excluding tert-OH is 1. The van der Waals surface area contributed by atoms with E-state index in [-0.39, 0.29) is 5.92 Å². The summed E-state index contributed by atoms with van der Waals surface area (Å²) in [5.74, 6) is 1.58. The fourth-order valence-electron chi connectivity index (χ4n) is 4.85. The molecule has 30 heavy (non-hydrogen) atoms. The van der Waals surface area contributed by atoms with Gasteiger partial charge in [-0.25, -0.2) is 0 Å². The number of likely N-dealkylation sites (tertiary alicyclic amines) is 2. The van der Waals surface area contributed by atoms with Gasteiger partial charge in [0.05, 0.1) is 11.2 Å². The minimum atomic E-state index is -0.460. The Morgan fingerprint density at radius 1 is 1.07 bits per heavy atom. The van der Waals surface area contributed by atoms with Crippen molar-refractivity contribution in [3.63, 3.8) is 0 Å². The molecule has 1 unspecified atom stereocenters. The third-order valence-electron chi connectivity index (χ3n) is 6.66. The van der Waals surface area contributed by atoms with Gasteiger partial charge in [0, 0.05) is 50.1 Å². The monoisotopic (exact) mass is 410 g/mol. The van der Waals surface area contributed by atoms with E-state index in [9.17, 15) is 5.11 Å². The zero-order valence-corrected chi connectivity index (χ0v) is 17.8. The maximum Gasteiger partial charge on any atom is 0.230 e. The van der Waals surface area contributed by atoms with Gasteiger partial charge in [0.15, 0.2) is 6.35 Å². The normalized spacial score (nSPS) is 20.8. The lowest BCUT2D eigenvalue weighted by atomic mass is 9.97. The summed E-state index contributed by atoms with van der Waals surface area (Å²) in [6, 6.07) is 6.17. The zero-order chi connectivity index (χ0) is 20.7. The van der Waals surface area contributed by atoms with E-state index in [1.165, 1.54) is 19.3 Å². The first kappa shape index (κ1) is 19.7. The van der Waals surface area contributed by atoms with Crippen LogP contribution in [0.2, 0.25) is 0 Å². The molecule has 160 valence electrons. The minimum Gasteiger partial charge on any atom is -0.365 e. The SMILES string of the molecule is Cc1nn(C)c2cc(-c3noc(C4CCN(C(O)N5CCCCC5)CC4)n3)ccc12. The van der Waals surface area contributed by atoms with Crippen LogP contribution in [0, 0.1) is 6.92 Å². The summed E-state index contributed by atoms with van der Waals surface area (Å²) in [6.45, 7) is 5.70. The molecule has 8 nitrogen and oxygen atoms in total. The van der Waals surface area contributed by atoms with Crippen LogP contribution in [0.4, 0.5) is 0 Å². The number of rotatable bonds is 4. The fourth-order valence-corrected chi connectivity index (χ4v) is 4.85. The van der Waals surface area contributed by atoms with Gasteiger partial charge in [0.1, 0.15) is 0 Å². The molecular weight excluding hydrogens is 380 g/mol. The lowest BCUT2D eigenvalue weighted by molar-refractivity contribution is -0.126. The van der Waals surface area contributed by atoms with Crippen LogP contribution in [0.1, 0.15) is 49.6 Å². The van der Waals surface area contributed by atoms with E-state index in [2.05, 4.69) is 32.2 Å². The molecule has 3 aromatic rings. The van der Waals surface area contributed by atoms with Crippen molar-refractivity contribution in [1.82, 2.24) is 29.7 Å². The number of piperidine rings is 2. The van der Waals surface area contributed by atoms with Gasteiger partial charge >= 0.3 is 0 Å².